The van der Waals surface area contributed by atoms with Gasteiger partial charge in [0, 0.05) is 39.0 Å². The maximum Gasteiger partial charge on any atom is 0.234 e. The second-order valence-electron chi connectivity index (χ2n) is 6.18. The van der Waals surface area contributed by atoms with E-state index in [1.807, 2.05) is 28.8 Å². The average Bonchev–Trinajstić information content (AvgIpc) is 3.22. The first kappa shape index (κ1) is 14.4. The summed E-state index contributed by atoms with van der Waals surface area (Å²) in [5, 5.41) is 8.52. The summed E-state index contributed by atoms with van der Waals surface area (Å²) in [6, 6.07) is 3.86. The zero-order valence-corrected chi connectivity index (χ0v) is 13.3. The van der Waals surface area contributed by atoms with Crippen LogP contribution in [-0.2, 0) is 23.1 Å². The summed E-state index contributed by atoms with van der Waals surface area (Å²) in [5.74, 6) is 0.869. The predicted molar refractivity (Wildman–Crippen MR) is 83.8 cm³/mol. The Morgan fingerprint density at radius 3 is 2.91 bits per heavy atom. The molecule has 2 aliphatic rings. The molecule has 0 saturated carbocycles. The Balaban J connectivity index is 1.63. The predicted octanol–water partition coefficient (Wildman–Crippen LogP) is 1.52. The Labute approximate surface area is 134 Å². The van der Waals surface area contributed by atoms with Crippen LogP contribution >= 0.6 is 0 Å². The number of hydrogen-bond acceptors (Lipinski definition) is 4. The van der Waals surface area contributed by atoms with Gasteiger partial charge in [-0.25, -0.2) is 4.68 Å². The number of carbonyl (C=O) groups is 1. The minimum Gasteiger partial charge on any atom is -0.371 e. The molecule has 0 N–H and O–H groups in total. The largest absolute Gasteiger partial charge is 0.371 e. The van der Waals surface area contributed by atoms with Crippen LogP contribution in [0.15, 0.2) is 24.5 Å². The van der Waals surface area contributed by atoms with Gasteiger partial charge in [-0.1, -0.05) is 0 Å². The van der Waals surface area contributed by atoms with E-state index < -0.39 is 0 Å². The lowest BCUT2D eigenvalue weighted by atomic mass is 9.90. The van der Waals surface area contributed by atoms with Crippen LogP contribution < -0.4 is 4.90 Å². The zero-order valence-electron chi connectivity index (χ0n) is 13.3. The lowest BCUT2D eigenvalue weighted by Crippen LogP contribution is -2.44. The number of carbonyl (C=O) groups excluding carboxylic acids is 1. The number of fused-ring (bicyclic) bond motifs is 1. The van der Waals surface area contributed by atoms with E-state index in [1.54, 1.807) is 17.1 Å². The molecule has 4 heterocycles. The minimum absolute atomic E-state index is 0.136. The topological polar surface area (TPSA) is 65.2 Å². The molecule has 1 amide bonds. The molecule has 2 aliphatic heterocycles. The van der Waals surface area contributed by atoms with E-state index in [4.69, 9.17) is 4.74 Å². The SMILES string of the molecule is Cn1nccc1[C@@H]1OCCC[C@H]1C(=O)N1CCCn2nccc21. The number of amides is 1. The third-order valence-electron chi connectivity index (χ3n) is 4.78. The second-order valence-corrected chi connectivity index (χ2v) is 6.18. The van der Waals surface area contributed by atoms with Gasteiger partial charge in [0.1, 0.15) is 11.9 Å². The molecule has 0 radical (unpaired) electrons. The Hall–Kier alpha value is -2.15. The molecule has 0 spiro atoms. The quantitative estimate of drug-likeness (QED) is 0.843. The Morgan fingerprint density at radius 1 is 1.22 bits per heavy atom. The van der Waals surface area contributed by atoms with Crippen LogP contribution in [0.5, 0.6) is 0 Å². The molecule has 0 aliphatic carbocycles. The van der Waals surface area contributed by atoms with Crippen LogP contribution in [0.25, 0.3) is 0 Å². The molecule has 1 fully saturated rings. The third-order valence-corrected chi connectivity index (χ3v) is 4.78. The van der Waals surface area contributed by atoms with E-state index in [0.717, 1.165) is 43.9 Å². The summed E-state index contributed by atoms with van der Waals surface area (Å²) >= 11 is 0. The standard InChI is InChI=1S/C16H21N5O2/c1-19-13(5-7-17-19)15-12(4-2-11-23-15)16(22)20-9-3-10-21-14(20)6-8-18-21/h5-8,12,15H,2-4,9-11H2,1H3/t12-,15-/m1/s1. The van der Waals surface area contributed by atoms with Crippen molar-refractivity contribution in [3.8, 4) is 0 Å². The maximum atomic E-state index is 13.2. The molecule has 4 rings (SSSR count). The number of ether oxygens (including phenoxy) is 1. The molecule has 0 unspecified atom stereocenters. The fourth-order valence-electron chi connectivity index (χ4n) is 3.63. The van der Waals surface area contributed by atoms with Gasteiger partial charge >= 0.3 is 0 Å². The molecule has 0 aromatic carbocycles. The smallest absolute Gasteiger partial charge is 0.234 e. The van der Waals surface area contributed by atoms with Crippen molar-refractivity contribution in [1.82, 2.24) is 19.6 Å². The van der Waals surface area contributed by atoms with E-state index in [-0.39, 0.29) is 17.9 Å². The number of rotatable bonds is 2. The summed E-state index contributed by atoms with van der Waals surface area (Å²) in [6.07, 6.45) is 5.99. The number of aromatic nitrogens is 4. The molecular weight excluding hydrogens is 294 g/mol. The number of anilines is 1. The number of aryl methyl sites for hydroxylation is 2. The third kappa shape index (κ3) is 2.45. The van der Waals surface area contributed by atoms with Gasteiger partial charge in [-0.3, -0.25) is 14.4 Å². The molecule has 0 bridgehead atoms. The lowest BCUT2D eigenvalue weighted by Gasteiger charge is -2.36. The maximum absolute atomic E-state index is 13.2. The van der Waals surface area contributed by atoms with Gasteiger partial charge in [-0.2, -0.15) is 10.2 Å². The van der Waals surface area contributed by atoms with Crippen molar-refractivity contribution in [2.24, 2.45) is 13.0 Å². The Morgan fingerprint density at radius 2 is 2.09 bits per heavy atom. The van der Waals surface area contributed by atoms with Crippen LogP contribution in [0.4, 0.5) is 5.82 Å². The van der Waals surface area contributed by atoms with Crippen molar-refractivity contribution in [3.63, 3.8) is 0 Å². The van der Waals surface area contributed by atoms with Crippen molar-refractivity contribution in [2.45, 2.75) is 31.9 Å². The molecular formula is C16H21N5O2. The van der Waals surface area contributed by atoms with Gasteiger partial charge in [0.05, 0.1) is 17.8 Å². The van der Waals surface area contributed by atoms with Crippen LogP contribution in [-0.4, -0.2) is 38.6 Å². The summed E-state index contributed by atoms with van der Waals surface area (Å²) in [7, 11) is 1.89. The molecule has 7 heteroatoms. The molecule has 122 valence electrons. The van der Waals surface area contributed by atoms with Gasteiger partial charge in [-0.05, 0) is 25.3 Å². The molecule has 2 aromatic rings. The Bertz CT molecular complexity index is 707. The molecule has 7 nitrogen and oxygen atoms in total. The highest BCUT2D eigenvalue weighted by Gasteiger charge is 2.38. The van der Waals surface area contributed by atoms with Gasteiger partial charge < -0.3 is 4.74 Å². The average molecular weight is 315 g/mol. The van der Waals surface area contributed by atoms with Gasteiger partial charge in [0.25, 0.3) is 0 Å². The van der Waals surface area contributed by atoms with E-state index >= 15 is 0 Å². The van der Waals surface area contributed by atoms with Crippen LogP contribution in [0.3, 0.4) is 0 Å². The molecule has 2 atom stereocenters. The van der Waals surface area contributed by atoms with Crippen molar-refractivity contribution < 1.29 is 9.53 Å². The molecule has 2 aromatic heterocycles. The van der Waals surface area contributed by atoms with Crippen LogP contribution in [0.1, 0.15) is 31.1 Å². The summed E-state index contributed by atoms with van der Waals surface area (Å²) in [6.45, 7) is 2.31. The highest BCUT2D eigenvalue weighted by molar-refractivity contribution is 5.95. The first-order chi connectivity index (χ1) is 11.3. The first-order valence-corrected chi connectivity index (χ1v) is 8.18. The van der Waals surface area contributed by atoms with Crippen molar-refractivity contribution in [2.75, 3.05) is 18.1 Å². The van der Waals surface area contributed by atoms with Gasteiger partial charge in [0.15, 0.2) is 0 Å². The summed E-state index contributed by atoms with van der Waals surface area (Å²) in [5.41, 5.74) is 0.966. The number of hydrogen-bond donors (Lipinski definition) is 0. The van der Waals surface area contributed by atoms with Crippen molar-refractivity contribution >= 4 is 11.7 Å². The number of nitrogens with zero attached hydrogens (tertiary/aromatic N) is 5. The first-order valence-electron chi connectivity index (χ1n) is 8.18. The van der Waals surface area contributed by atoms with E-state index in [9.17, 15) is 4.79 Å². The molecule has 1 saturated heterocycles. The van der Waals surface area contributed by atoms with Crippen LogP contribution in [0.2, 0.25) is 0 Å². The van der Waals surface area contributed by atoms with Crippen molar-refractivity contribution in [3.05, 3.63) is 30.2 Å². The summed E-state index contributed by atoms with van der Waals surface area (Å²) in [4.78, 5) is 15.1. The van der Waals surface area contributed by atoms with Crippen LogP contribution in [0, 0.1) is 5.92 Å². The normalized spacial score (nSPS) is 24.5. The zero-order chi connectivity index (χ0) is 15.8. The monoisotopic (exact) mass is 315 g/mol. The Kier molecular flexibility index (Phi) is 3.65. The van der Waals surface area contributed by atoms with E-state index in [1.165, 1.54) is 0 Å². The second kappa shape index (κ2) is 5.81. The van der Waals surface area contributed by atoms with Gasteiger partial charge in [0.2, 0.25) is 5.91 Å². The minimum atomic E-state index is -0.220. The van der Waals surface area contributed by atoms with Crippen molar-refractivity contribution in [1.29, 1.82) is 0 Å². The van der Waals surface area contributed by atoms with E-state index in [0.29, 0.717) is 6.61 Å². The van der Waals surface area contributed by atoms with E-state index in [2.05, 4.69) is 10.2 Å². The fourth-order valence-corrected chi connectivity index (χ4v) is 3.63. The fraction of sp³-hybridized carbons (Fsp3) is 0.562. The highest BCUT2D eigenvalue weighted by atomic mass is 16.5. The summed E-state index contributed by atoms with van der Waals surface area (Å²) < 4.78 is 9.68. The highest BCUT2D eigenvalue weighted by Crippen LogP contribution is 2.36. The molecule has 23 heavy (non-hydrogen) atoms. The van der Waals surface area contributed by atoms with Gasteiger partial charge in [-0.15, -0.1) is 0 Å². The lowest BCUT2D eigenvalue weighted by molar-refractivity contribution is -0.132.